The monoisotopic (exact) mass is 348 g/mol. The Bertz CT molecular complexity index is 890. The van der Waals surface area contributed by atoms with Crippen LogP contribution in [0.15, 0.2) is 78.9 Å². The van der Waals surface area contributed by atoms with Crippen molar-refractivity contribution in [3.05, 3.63) is 78.9 Å². The predicted molar refractivity (Wildman–Crippen MR) is 94.9 cm³/mol. The van der Waals surface area contributed by atoms with Crippen LogP contribution in [0.5, 0.6) is 28.7 Å². The molecule has 3 aromatic rings. The van der Waals surface area contributed by atoms with Crippen molar-refractivity contribution in [3.8, 4) is 28.7 Å². The second kappa shape index (κ2) is 7.19. The first-order valence-corrected chi connectivity index (χ1v) is 8.21. The van der Waals surface area contributed by atoms with Crippen LogP contribution >= 0.6 is 0 Å². The van der Waals surface area contributed by atoms with E-state index in [9.17, 15) is 4.79 Å². The van der Waals surface area contributed by atoms with Crippen molar-refractivity contribution in [3.63, 3.8) is 0 Å². The van der Waals surface area contributed by atoms with Gasteiger partial charge in [0.05, 0.1) is 0 Å². The second-order valence-corrected chi connectivity index (χ2v) is 5.67. The van der Waals surface area contributed by atoms with Gasteiger partial charge in [-0.25, -0.2) is 4.79 Å². The third-order valence-electron chi connectivity index (χ3n) is 3.79. The zero-order valence-electron chi connectivity index (χ0n) is 13.8. The molecule has 0 radical (unpaired) electrons. The average molecular weight is 348 g/mol. The molecule has 0 fully saturated rings. The van der Waals surface area contributed by atoms with Gasteiger partial charge in [0, 0.05) is 0 Å². The molecule has 0 saturated heterocycles. The Hall–Kier alpha value is -3.47. The molecule has 0 N–H and O–H groups in total. The molecular weight excluding hydrogens is 332 g/mol. The van der Waals surface area contributed by atoms with Crippen LogP contribution < -0.4 is 18.9 Å². The second-order valence-electron chi connectivity index (χ2n) is 5.67. The van der Waals surface area contributed by atoms with E-state index in [2.05, 4.69) is 0 Å². The summed E-state index contributed by atoms with van der Waals surface area (Å²) >= 11 is 0. The van der Waals surface area contributed by atoms with E-state index in [0.29, 0.717) is 23.0 Å². The quantitative estimate of drug-likeness (QED) is 0.522. The number of para-hydroxylation sites is 3. The highest BCUT2D eigenvalue weighted by molar-refractivity contribution is 5.78. The summed E-state index contributed by atoms with van der Waals surface area (Å²) in [6.07, 6.45) is -0.801. The van der Waals surface area contributed by atoms with Gasteiger partial charge in [0.2, 0.25) is 6.10 Å². The van der Waals surface area contributed by atoms with Gasteiger partial charge in [-0.15, -0.1) is 0 Å². The number of hydrogen-bond donors (Lipinski definition) is 0. The molecule has 130 valence electrons. The Balaban J connectivity index is 1.37. The Labute approximate surface area is 150 Å². The molecule has 3 aromatic carbocycles. The lowest BCUT2D eigenvalue weighted by Gasteiger charge is -2.24. The molecule has 0 unspecified atom stereocenters. The summed E-state index contributed by atoms with van der Waals surface area (Å²) in [5.74, 6) is 2.46. The predicted octanol–water partition coefficient (Wildman–Crippen LogP) is 4.22. The van der Waals surface area contributed by atoms with Crippen LogP contribution in [-0.4, -0.2) is 18.7 Å². The fraction of sp³-hybridized carbons (Fsp3) is 0.0952. The van der Waals surface area contributed by atoms with Crippen LogP contribution in [0.1, 0.15) is 0 Å². The maximum atomic E-state index is 12.3. The molecule has 0 saturated carbocycles. The van der Waals surface area contributed by atoms with E-state index >= 15 is 0 Å². The van der Waals surface area contributed by atoms with Crippen LogP contribution in [-0.2, 0) is 4.79 Å². The van der Waals surface area contributed by atoms with Crippen LogP contribution in [0.25, 0.3) is 0 Å². The minimum Gasteiger partial charge on any atom is -0.485 e. The molecule has 0 aliphatic carbocycles. The summed E-state index contributed by atoms with van der Waals surface area (Å²) in [6.45, 7) is 0.116. The van der Waals surface area contributed by atoms with Crippen LogP contribution in [0.2, 0.25) is 0 Å². The number of fused-ring (bicyclic) bond motifs is 1. The van der Waals surface area contributed by atoms with E-state index in [1.165, 1.54) is 0 Å². The third kappa shape index (κ3) is 3.62. The SMILES string of the molecule is O=C(Oc1ccc(Oc2ccccc2)cc1)[C@H]1COc2ccccc2O1. The first kappa shape index (κ1) is 16.0. The van der Waals surface area contributed by atoms with Gasteiger partial charge >= 0.3 is 5.97 Å². The van der Waals surface area contributed by atoms with Gasteiger partial charge in [-0.1, -0.05) is 30.3 Å². The van der Waals surface area contributed by atoms with E-state index in [-0.39, 0.29) is 6.61 Å². The van der Waals surface area contributed by atoms with E-state index in [4.69, 9.17) is 18.9 Å². The normalized spacial score (nSPS) is 15.2. The fourth-order valence-electron chi connectivity index (χ4n) is 2.52. The summed E-state index contributed by atoms with van der Waals surface area (Å²) in [4.78, 5) is 12.3. The Morgan fingerprint density at radius 3 is 2.15 bits per heavy atom. The van der Waals surface area contributed by atoms with Crippen molar-refractivity contribution in [1.29, 1.82) is 0 Å². The number of carbonyl (C=O) groups excluding carboxylic acids is 1. The number of rotatable bonds is 4. The molecule has 26 heavy (non-hydrogen) atoms. The lowest BCUT2D eigenvalue weighted by molar-refractivity contribution is -0.144. The molecule has 5 heteroatoms. The van der Waals surface area contributed by atoms with Gasteiger partial charge in [0.1, 0.15) is 23.9 Å². The van der Waals surface area contributed by atoms with E-state index in [1.807, 2.05) is 42.5 Å². The first-order chi connectivity index (χ1) is 12.8. The van der Waals surface area contributed by atoms with Gasteiger partial charge in [-0.3, -0.25) is 0 Å². The number of ether oxygens (including phenoxy) is 4. The topological polar surface area (TPSA) is 54.0 Å². The molecular formula is C21H16O5. The lowest BCUT2D eigenvalue weighted by atomic mass is 10.2. The highest BCUT2D eigenvalue weighted by Crippen LogP contribution is 2.31. The van der Waals surface area contributed by atoms with Crippen molar-refractivity contribution in [2.24, 2.45) is 0 Å². The minimum absolute atomic E-state index is 0.116. The van der Waals surface area contributed by atoms with Gasteiger partial charge in [-0.2, -0.15) is 0 Å². The standard InChI is InChI=1S/C21H16O5/c22-21(20-14-23-18-8-4-5-9-19(18)26-20)25-17-12-10-16(11-13-17)24-15-6-2-1-3-7-15/h1-13,20H,14H2/t20-/m1/s1. The lowest BCUT2D eigenvalue weighted by Crippen LogP contribution is -2.39. The van der Waals surface area contributed by atoms with E-state index < -0.39 is 12.1 Å². The smallest absolute Gasteiger partial charge is 0.356 e. The summed E-state index contributed by atoms with van der Waals surface area (Å²) < 4.78 is 22.3. The number of carbonyl (C=O) groups is 1. The van der Waals surface area contributed by atoms with Crippen molar-refractivity contribution in [2.45, 2.75) is 6.10 Å². The minimum atomic E-state index is -0.801. The molecule has 1 heterocycles. The third-order valence-corrected chi connectivity index (χ3v) is 3.79. The zero-order valence-corrected chi connectivity index (χ0v) is 13.8. The Morgan fingerprint density at radius 2 is 1.38 bits per heavy atom. The molecule has 0 spiro atoms. The molecule has 0 bridgehead atoms. The van der Waals surface area contributed by atoms with Gasteiger partial charge in [0.15, 0.2) is 11.5 Å². The molecule has 1 aliphatic rings. The number of esters is 1. The number of hydrogen-bond acceptors (Lipinski definition) is 5. The molecule has 0 aromatic heterocycles. The summed E-state index contributed by atoms with van der Waals surface area (Å²) in [6, 6.07) is 23.5. The van der Waals surface area contributed by atoms with Crippen molar-refractivity contribution in [2.75, 3.05) is 6.61 Å². The van der Waals surface area contributed by atoms with Gasteiger partial charge in [-0.05, 0) is 48.5 Å². The van der Waals surface area contributed by atoms with Crippen molar-refractivity contribution < 1.29 is 23.7 Å². The molecule has 5 nitrogen and oxygen atoms in total. The van der Waals surface area contributed by atoms with Gasteiger partial charge in [0.25, 0.3) is 0 Å². The number of benzene rings is 3. The summed E-state index contributed by atoms with van der Waals surface area (Å²) in [5.41, 5.74) is 0. The highest BCUT2D eigenvalue weighted by Gasteiger charge is 2.29. The maximum absolute atomic E-state index is 12.3. The van der Waals surface area contributed by atoms with E-state index in [1.54, 1.807) is 36.4 Å². The van der Waals surface area contributed by atoms with Crippen molar-refractivity contribution in [1.82, 2.24) is 0 Å². The van der Waals surface area contributed by atoms with Crippen LogP contribution in [0, 0.1) is 0 Å². The molecule has 1 atom stereocenters. The van der Waals surface area contributed by atoms with Crippen LogP contribution in [0.3, 0.4) is 0 Å². The Kier molecular flexibility index (Phi) is 4.43. The molecule has 4 rings (SSSR count). The maximum Gasteiger partial charge on any atom is 0.356 e. The first-order valence-electron chi connectivity index (χ1n) is 8.21. The highest BCUT2D eigenvalue weighted by atomic mass is 16.6. The van der Waals surface area contributed by atoms with Crippen LogP contribution in [0.4, 0.5) is 0 Å². The zero-order chi connectivity index (χ0) is 17.8. The largest absolute Gasteiger partial charge is 0.485 e. The Morgan fingerprint density at radius 1 is 0.769 bits per heavy atom. The van der Waals surface area contributed by atoms with E-state index in [0.717, 1.165) is 5.75 Å². The average Bonchev–Trinajstić information content (AvgIpc) is 2.70. The van der Waals surface area contributed by atoms with Gasteiger partial charge < -0.3 is 18.9 Å². The fourth-order valence-corrected chi connectivity index (χ4v) is 2.52. The summed E-state index contributed by atoms with van der Waals surface area (Å²) in [5, 5.41) is 0. The summed E-state index contributed by atoms with van der Waals surface area (Å²) in [7, 11) is 0. The molecule has 0 amide bonds. The molecule has 1 aliphatic heterocycles. The van der Waals surface area contributed by atoms with Crippen molar-refractivity contribution >= 4 is 5.97 Å².